The van der Waals surface area contributed by atoms with Gasteiger partial charge in [-0.2, -0.15) is 0 Å². The lowest BCUT2D eigenvalue weighted by Crippen LogP contribution is -2.47. The average Bonchev–Trinajstić information content (AvgIpc) is 2.89. The van der Waals surface area contributed by atoms with E-state index in [1.807, 2.05) is 12.3 Å². The molecule has 4 rings (SSSR count). The van der Waals surface area contributed by atoms with E-state index in [2.05, 4.69) is 48.0 Å². The number of fused-ring (bicyclic) bond motifs is 2. The van der Waals surface area contributed by atoms with Crippen LogP contribution in [-0.2, 0) is 18.4 Å². The number of aromatic nitrogens is 2. The molecule has 132 valence electrons. The predicted molar refractivity (Wildman–Crippen MR) is 98.5 cm³/mol. The number of hydrogen-bond acceptors (Lipinski definition) is 4. The van der Waals surface area contributed by atoms with Gasteiger partial charge in [0.15, 0.2) is 0 Å². The number of benzene rings is 1. The summed E-state index contributed by atoms with van der Waals surface area (Å²) in [6.45, 7) is 7.14. The molecule has 0 amide bonds. The Hall–Kier alpha value is -1.78. The van der Waals surface area contributed by atoms with Crippen LogP contribution >= 0.6 is 0 Å². The minimum Gasteiger partial charge on any atom is -0.392 e. The van der Waals surface area contributed by atoms with E-state index in [-0.39, 0.29) is 11.5 Å². The van der Waals surface area contributed by atoms with Gasteiger partial charge in [0, 0.05) is 24.1 Å². The van der Waals surface area contributed by atoms with Crippen molar-refractivity contribution in [3.8, 4) is 0 Å². The highest BCUT2D eigenvalue weighted by molar-refractivity contribution is 5.42. The van der Waals surface area contributed by atoms with Crippen molar-refractivity contribution in [1.82, 2.24) is 14.9 Å². The summed E-state index contributed by atoms with van der Waals surface area (Å²) >= 11 is 0. The van der Waals surface area contributed by atoms with Gasteiger partial charge in [-0.1, -0.05) is 38.1 Å². The largest absolute Gasteiger partial charge is 0.392 e. The summed E-state index contributed by atoms with van der Waals surface area (Å²) in [6, 6.07) is 10.6. The summed E-state index contributed by atoms with van der Waals surface area (Å²) in [5.74, 6) is 1.28. The Labute approximate surface area is 149 Å². The molecule has 0 unspecified atom stereocenters. The summed E-state index contributed by atoms with van der Waals surface area (Å²) in [4.78, 5) is 11.5. The maximum Gasteiger partial charge on any atom is 0.131 e. The Balaban J connectivity index is 1.46. The molecule has 1 aromatic heterocycles. The van der Waals surface area contributed by atoms with Gasteiger partial charge in [-0.05, 0) is 49.5 Å². The highest BCUT2D eigenvalue weighted by Gasteiger charge is 2.47. The molecule has 2 aliphatic rings. The smallest absolute Gasteiger partial charge is 0.131 e. The van der Waals surface area contributed by atoms with Gasteiger partial charge in [-0.25, -0.2) is 9.97 Å². The first-order valence-electron chi connectivity index (χ1n) is 9.39. The first kappa shape index (κ1) is 16.7. The van der Waals surface area contributed by atoms with Crippen molar-refractivity contribution in [1.29, 1.82) is 0 Å². The van der Waals surface area contributed by atoms with Gasteiger partial charge in [0.2, 0.25) is 0 Å². The zero-order valence-corrected chi connectivity index (χ0v) is 15.2. The molecule has 0 radical (unpaired) electrons. The molecule has 1 saturated heterocycles. The minimum atomic E-state index is -0.237. The third kappa shape index (κ3) is 2.98. The summed E-state index contributed by atoms with van der Waals surface area (Å²) < 4.78 is 0. The molecule has 2 heterocycles. The molecule has 4 heteroatoms. The normalized spacial score (nSPS) is 22.5. The van der Waals surface area contributed by atoms with E-state index in [9.17, 15) is 5.11 Å². The van der Waals surface area contributed by atoms with E-state index in [1.54, 1.807) is 0 Å². The van der Waals surface area contributed by atoms with E-state index in [4.69, 9.17) is 4.98 Å². The number of piperidine rings is 1. The highest BCUT2D eigenvalue weighted by atomic mass is 16.3. The molecule has 1 N–H and O–H groups in total. The zero-order chi connectivity index (χ0) is 17.4. The summed E-state index contributed by atoms with van der Waals surface area (Å²) in [5, 5.41) is 10.8. The molecule has 1 spiro atoms. The standard InChI is InChI=1S/C21H27N3O/c1-15(2)20-22-10-7-17(23-20)14-24-11-8-21(9-12-24)18-6-4-3-5-16(18)13-19(21)25/h3-7,10,15,19,25H,8-9,11-14H2,1-2H3/t19-/m1/s1. The number of rotatable bonds is 3. The number of nitrogens with zero attached hydrogens (tertiary/aromatic N) is 3. The Morgan fingerprint density at radius 1 is 1.20 bits per heavy atom. The van der Waals surface area contributed by atoms with Crippen molar-refractivity contribution in [2.75, 3.05) is 13.1 Å². The van der Waals surface area contributed by atoms with Crippen molar-refractivity contribution < 1.29 is 5.11 Å². The summed E-state index contributed by atoms with van der Waals surface area (Å²) in [7, 11) is 0. The maximum atomic E-state index is 10.8. The van der Waals surface area contributed by atoms with Crippen molar-refractivity contribution in [2.45, 2.75) is 57.1 Å². The number of likely N-dealkylation sites (tertiary alicyclic amines) is 1. The monoisotopic (exact) mass is 337 g/mol. The quantitative estimate of drug-likeness (QED) is 0.935. The first-order valence-corrected chi connectivity index (χ1v) is 9.39. The Kier molecular flexibility index (Phi) is 4.34. The van der Waals surface area contributed by atoms with Crippen molar-refractivity contribution in [3.05, 3.63) is 59.2 Å². The SMILES string of the molecule is CC(C)c1nccc(CN2CCC3(CC2)c2ccccc2C[C@H]3O)n1. The van der Waals surface area contributed by atoms with E-state index < -0.39 is 0 Å². The van der Waals surface area contributed by atoms with Gasteiger partial charge in [0.1, 0.15) is 5.82 Å². The van der Waals surface area contributed by atoms with Crippen molar-refractivity contribution in [3.63, 3.8) is 0 Å². The van der Waals surface area contributed by atoms with E-state index >= 15 is 0 Å². The fourth-order valence-electron chi connectivity index (χ4n) is 4.49. The topological polar surface area (TPSA) is 49.2 Å². The van der Waals surface area contributed by atoms with Crippen LogP contribution < -0.4 is 0 Å². The Bertz CT molecular complexity index is 750. The minimum absolute atomic E-state index is 0.0398. The summed E-state index contributed by atoms with van der Waals surface area (Å²) in [5.41, 5.74) is 3.77. The Morgan fingerprint density at radius 2 is 1.96 bits per heavy atom. The van der Waals surface area contributed by atoms with Gasteiger partial charge in [0.05, 0.1) is 11.8 Å². The van der Waals surface area contributed by atoms with E-state index in [0.717, 1.165) is 50.4 Å². The van der Waals surface area contributed by atoms with E-state index in [0.29, 0.717) is 5.92 Å². The average molecular weight is 337 g/mol. The van der Waals surface area contributed by atoms with E-state index in [1.165, 1.54) is 11.1 Å². The van der Waals surface area contributed by atoms with Crippen LogP contribution in [0.15, 0.2) is 36.5 Å². The van der Waals surface area contributed by atoms with Crippen LogP contribution in [0.2, 0.25) is 0 Å². The molecule has 2 aromatic rings. The second-order valence-electron chi connectivity index (χ2n) is 7.87. The molecule has 1 atom stereocenters. The molecular weight excluding hydrogens is 310 g/mol. The van der Waals surface area contributed by atoms with Gasteiger partial charge in [-0.15, -0.1) is 0 Å². The fraction of sp³-hybridized carbons (Fsp3) is 0.524. The van der Waals surface area contributed by atoms with Crippen LogP contribution in [0.4, 0.5) is 0 Å². The van der Waals surface area contributed by atoms with Crippen LogP contribution in [0.3, 0.4) is 0 Å². The highest BCUT2D eigenvalue weighted by Crippen LogP contribution is 2.46. The molecule has 1 aliphatic heterocycles. The zero-order valence-electron chi connectivity index (χ0n) is 15.2. The lowest BCUT2D eigenvalue weighted by Gasteiger charge is -2.42. The second kappa shape index (κ2) is 6.50. The maximum absolute atomic E-state index is 10.8. The van der Waals surface area contributed by atoms with Crippen LogP contribution in [0.25, 0.3) is 0 Å². The van der Waals surface area contributed by atoms with Gasteiger partial charge >= 0.3 is 0 Å². The number of hydrogen-bond donors (Lipinski definition) is 1. The van der Waals surface area contributed by atoms with Gasteiger partial charge < -0.3 is 5.11 Å². The Morgan fingerprint density at radius 3 is 2.72 bits per heavy atom. The molecule has 0 saturated carbocycles. The molecule has 4 nitrogen and oxygen atoms in total. The molecule has 1 aromatic carbocycles. The molecule has 25 heavy (non-hydrogen) atoms. The van der Waals surface area contributed by atoms with Crippen LogP contribution in [0, 0.1) is 0 Å². The fourth-order valence-corrected chi connectivity index (χ4v) is 4.49. The van der Waals surface area contributed by atoms with Crippen molar-refractivity contribution >= 4 is 0 Å². The van der Waals surface area contributed by atoms with Crippen LogP contribution in [-0.4, -0.2) is 39.2 Å². The predicted octanol–water partition coefficient (Wildman–Crippen LogP) is 3.05. The lowest BCUT2D eigenvalue weighted by molar-refractivity contribution is 0.0410. The van der Waals surface area contributed by atoms with Crippen LogP contribution in [0.1, 0.15) is 55.3 Å². The molecule has 1 fully saturated rings. The van der Waals surface area contributed by atoms with Gasteiger partial charge in [0.25, 0.3) is 0 Å². The molecule has 1 aliphatic carbocycles. The summed E-state index contributed by atoms with van der Waals surface area (Å²) in [6.07, 6.45) is 4.49. The number of aliphatic hydroxyl groups is 1. The van der Waals surface area contributed by atoms with Gasteiger partial charge in [-0.3, -0.25) is 4.90 Å². The van der Waals surface area contributed by atoms with Crippen molar-refractivity contribution in [2.24, 2.45) is 0 Å². The third-order valence-corrected chi connectivity index (χ3v) is 5.99. The number of aliphatic hydroxyl groups excluding tert-OH is 1. The third-order valence-electron chi connectivity index (χ3n) is 5.99. The van der Waals surface area contributed by atoms with Crippen LogP contribution in [0.5, 0.6) is 0 Å². The lowest BCUT2D eigenvalue weighted by atomic mass is 9.72. The first-order chi connectivity index (χ1) is 12.1. The second-order valence-corrected chi connectivity index (χ2v) is 7.87. The molecular formula is C21H27N3O. The molecule has 0 bridgehead atoms.